The Morgan fingerprint density at radius 2 is 0.779 bits per heavy atom. The maximum Gasteiger partial charge on any atom is 0.397 e. The molecule has 4 heterocycles. The fourth-order valence-electron chi connectivity index (χ4n) is 7.76. The number of rotatable bonds is 24. The molecule has 20 atom stereocenters. The molecule has 4 aliphatic rings. The second kappa shape index (κ2) is 25.2. The van der Waals surface area contributed by atoms with E-state index in [0.29, 0.717) is 6.92 Å². The van der Waals surface area contributed by atoms with Gasteiger partial charge in [-0.25, -0.2) is 34.7 Å². The van der Waals surface area contributed by atoms with Crippen molar-refractivity contribution in [2.75, 3.05) is 13.2 Å². The molecule has 0 saturated carbocycles. The van der Waals surface area contributed by atoms with Crippen molar-refractivity contribution in [2.24, 2.45) is 0 Å². The highest BCUT2D eigenvalue weighted by Crippen LogP contribution is 2.38. The number of hydrogen-bond acceptors (Lipinski definition) is 32. The molecule has 0 radical (unpaired) electrons. The smallest absolute Gasteiger partial charge is 0.397 e. The summed E-state index contributed by atoms with van der Waals surface area (Å²) in [6, 6.07) is -4.55. The van der Waals surface area contributed by atoms with Crippen molar-refractivity contribution in [2.45, 2.75) is 143 Å². The number of aliphatic carboxylic acids is 2. The van der Waals surface area contributed by atoms with Crippen molar-refractivity contribution in [3.63, 3.8) is 0 Å². The molecule has 2 amide bonds. The number of carbonyl (C=O) groups is 4. The van der Waals surface area contributed by atoms with Gasteiger partial charge in [-0.2, -0.15) is 50.5 Å². The van der Waals surface area contributed by atoms with Crippen LogP contribution in [0.5, 0.6) is 0 Å². The molecule has 4 fully saturated rings. The van der Waals surface area contributed by atoms with Crippen molar-refractivity contribution in [1.29, 1.82) is 0 Å². The zero-order chi connectivity index (χ0) is 58.9. The van der Waals surface area contributed by atoms with E-state index in [1.165, 1.54) is 0 Å². The van der Waals surface area contributed by atoms with Gasteiger partial charge in [-0.1, -0.05) is 0 Å². The number of carbonyl (C=O) groups excluding carboxylic acids is 2. The summed E-state index contributed by atoms with van der Waals surface area (Å²) in [6.07, 6.45) is -49.5. The molecule has 448 valence electrons. The molecule has 4 aliphatic heterocycles. The van der Waals surface area contributed by atoms with Gasteiger partial charge in [0.15, 0.2) is 43.3 Å². The molecule has 0 bridgehead atoms. The van der Waals surface area contributed by atoms with Gasteiger partial charge >= 0.3 is 74.3 Å². The maximum atomic E-state index is 13.0. The number of nitrogens with one attached hydrogen (secondary N) is 2. The van der Waals surface area contributed by atoms with E-state index in [4.69, 9.17) is 33.2 Å². The Balaban J connectivity index is 1.95. The van der Waals surface area contributed by atoms with E-state index in [-0.39, 0.29) is 0 Å². The summed E-state index contributed by atoms with van der Waals surface area (Å²) in [7, 11) is -35.0. The Bertz CT molecular complexity index is 2830. The number of carboxylic acids is 2. The number of ether oxygens (including phenoxy) is 7. The topological polar surface area (TPSA) is 640 Å². The minimum atomic E-state index is -6.06. The van der Waals surface area contributed by atoms with E-state index in [1.807, 2.05) is 5.32 Å². The highest BCUT2D eigenvalue weighted by molar-refractivity contribution is 7.82. The van der Waals surface area contributed by atoms with Crippen molar-refractivity contribution in [1.82, 2.24) is 10.6 Å². The Morgan fingerprint density at radius 3 is 1.17 bits per heavy atom. The van der Waals surface area contributed by atoms with Crippen LogP contribution >= 0.6 is 0 Å². The van der Waals surface area contributed by atoms with Gasteiger partial charge < -0.3 is 69.3 Å². The average Bonchev–Trinajstić information content (AvgIpc) is 3.22. The Hall–Kier alpha value is -3.30. The normalized spacial score (nSPS) is 36.8. The first-order valence-corrected chi connectivity index (χ1v) is 28.5. The van der Waals surface area contributed by atoms with E-state index >= 15 is 0 Å². The summed E-state index contributed by atoms with van der Waals surface area (Å²) in [6.45, 7) is -0.827. The lowest BCUT2D eigenvalue weighted by atomic mass is 9.92. The molecule has 0 aliphatic carbocycles. The van der Waals surface area contributed by atoms with Crippen LogP contribution in [0.3, 0.4) is 0 Å². The first-order chi connectivity index (χ1) is 34.8. The molecular weight excluding hydrogens is 1210 g/mol. The summed E-state index contributed by atoms with van der Waals surface area (Å²) < 4.78 is 266. The lowest BCUT2D eigenvalue weighted by molar-refractivity contribution is -0.361. The maximum absolute atomic E-state index is 13.0. The largest absolute Gasteiger partial charge is 0.479 e. The Labute approximate surface area is 432 Å². The van der Waals surface area contributed by atoms with Crippen LogP contribution in [0.25, 0.3) is 0 Å². The third-order valence-electron chi connectivity index (χ3n) is 10.4. The molecule has 20 unspecified atom stereocenters. The van der Waals surface area contributed by atoms with Gasteiger partial charge in [0.1, 0.15) is 67.1 Å². The van der Waals surface area contributed by atoms with Gasteiger partial charge in [0.25, 0.3) is 0 Å². The first kappa shape index (κ1) is 66.2. The predicted molar refractivity (Wildman–Crippen MR) is 224 cm³/mol. The molecule has 42 nitrogen and oxygen atoms in total. The molecule has 13 N–H and O–H groups in total. The summed E-state index contributed by atoms with van der Waals surface area (Å²) in [5, 5.41) is 57.2. The van der Waals surface area contributed by atoms with E-state index < -0.39 is 222 Å². The standard InChI is InChI=1S/C29H46N2O40S6/c1-6-11(30-7(2)32)18(16(68-74(47,48)49)9(61-6)4-59-72(41,42)43)63-29-23(71-77(56,57)58)15(36)20(24(67-29)26(39)40)65-27-12(31-8(3)33)19(17(69-75(50,51)52)10(62-27)5-60-73(44,45)46)64-28-22(70-76(53,54)55)14(35)13(34)21(66-28)25(37)38/h6,9-24,27-29,34-36H,4-5H2,1-3H3,(H,30,32)(H,31,33)(H,37,38)(H,39,40)(H,41,42,43)(H,44,45,46)(H,47,48,49)(H,50,51,52)(H,53,54,55)(H,56,57,58). The average molecular weight is 1260 g/mol. The molecule has 77 heavy (non-hydrogen) atoms. The summed E-state index contributed by atoms with van der Waals surface area (Å²) in [5.41, 5.74) is 0. The second-order valence-corrected chi connectivity index (χ2v) is 22.4. The number of aliphatic hydroxyl groups excluding tert-OH is 3. The van der Waals surface area contributed by atoms with Crippen LogP contribution in [0.15, 0.2) is 0 Å². The van der Waals surface area contributed by atoms with Gasteiger partial charge in [0.2, 0.25) is 11.8 Å². The van der Waals surface area contributed by atoms with E-state index in [1.54, 1.807) is 0 Å². The number of carboxylic acid groups (broad SMARTS) is 2. The first-order valence-electron chi connectivity index (χ1n) is 20.3. The van der Waals surface area contributed by atoms with Crippen molar-refractivity contribution in [3.05, 3.63) is 0 Å². The fraction of sp³-hybridized carbons (Fsp3) is 0.862. The Morgan fingerprint density at radius 1 is 0.429 bits per heavy atom. The molecular formula is C29H46N2O40S6. The zero-order valence-corrected chi connectivity index (χ0v) is 43.1. The minimum Gasteiger partial charge on any atom is -0.479 e. The van der Waals surface area contributed by atoms with Gasteiger partial charge in [-0.05, 0) is 6.92 Å². The van der Waals surface area contributed by atoms with Crippen LogP contribution in [-0.4, -0.2) is 263 Å². The van der Waals surface area contributed by atoms with Crippen LogP contribution < -0.4 is 10.6 Å². The van der Waals surface area contributed by atoms with E-state index in [0.717, 1.165) is 13.8 Å². The summed E-state index contributed by atoms with van der Waals surface area (Å²) in [4.78, 5) is 50.3. The fourth-order valence-corrected chi connectivity index (χ4v) is 10.4. The molecule has 4 saturated heterocycles. The SMILES string of the molecule is CC(=O)NC1C(C)OC(COS(=O)(=O)O)C(OS(=O)(=O)O)C1OC1OC(C(=O)O)C(OC2OC(COS(=O)(=O)O)C(OS(=O)(=O)O)C(OC3OC(C(=O)O)C(O)C(O)C3OS(=O)(=O)O)C2NC(C)=O)C(O)C1OS(=O)(=O)O. The van der Waals surface area contributed by atoms with Crippen LogP contribution in [0, 0.1) is 0 Å². The monoisotopic (exact) mass is 1250 g/mol. The van der Waals surface area contributed by atoms with Crippen LogP contribution in [0.1, 0.15) is 20.8 Å². The van der Waals surface area contributed by atoms with Crippen molar-refractivity contribution >= 4 is 86.1 Å². The molecule has 0 aromatic heterocycles. The van der Waals surface area contributed by atoms with Crippen molar-refractivity contribution in [3.8, 4) is 0 Å². The molecule has 4 rings (SSSR count). The highest BCUT2D eigenvalue weighted by Gasteiger charge is 2.60. The van der Waals surface area contributed by atoms with E-state index in [2.05, 4.69) is 30.4 Å². The highest BCUT2D eigenvalue weighted by atomic mass is 32.3. The lowest BCUT2D eigenvalue weighted by Gasteiger charge is -2.50. The van der Waals surface area contributed by atoms with Crippen LogP contribution in [0.2, 0.25) is 0 Å². The van der Waals surface area contributed by atoms with Gasteiger partial charge in [-0.15, -0.1) is 0 Å². The van der Waals surface area contributed by atoms with Gasteiger partial charge in [0, 0.05) is 13.8 Å². The summed E-state index contributed by atoms with van der Waals surface area (Å²) in [5.74, 6) is -7.01. The zero-order valence-electron chi connectivity index (χ0n) is 38.2. The van der Waals surface area contributed by atoms with Gasteiger partial charge in [0.05, 0.1) is 25.4 Å². The molecule has 0 spiro atoms. The number of amides is 2. The second-order valence-electron chi connectivity index (χ2n) is 16.1. The predicted octanol–water partition coefficient (Wildman–Crippen LogP) is -9.24. The number of hydrogen-bond donors (Lipinski definition) is 13. The third-order valence-corrected chi connectivity index (χ3v) is 13.2. The quantitative estimate of drug-likeness (QED) is 0.0399. The minimum absolute atomic E-state index is 0.600. The summed E-state index contributed by atoms with van der Waals surface area (Å²) >= 11 is 0. The van der Waals surface area contributed by atoms with Crippen LogP contribution in [0.4, 0.5) is 0 Å². The molecule has 0 aromatic rings. The van der Waals surface area contributed by atoms with E-state index in [9.17, 15) is 123 Å². The molecule has 0 aromatic carbocycles. The van der Waals surface area contributed by atoms with Gasteiger partial charge in [-0.3, -0.25) is 36.9 Å². The lowest BCUT2D eigenvalue weighted by Crippen LogP contribution is -2.71. The molecule has 48 heteroatoms. The van der Waals surface area contributed by atoms with Crippen molar-refractivity contribution < 1.29 is 181 Å². The third kappa shape index (κ3) is 19.4. The number of aliphatic hydroxyl groups is 3. The van der Waals surface area contributed by atoms with Crippen LogP contribution in [-0.2, 0) is 140 Å². The Kier molecular flexibility index (Phi) is 21.7.